The van der Waals surface area contributed by atoms with Crippen LogP contribution in [-0.2, 0) is 33.3 Å². The van der Waals surface area contributed by atoms with Crippen LogP contribution in [0.25, 0.3) is 11.1 Å². The first-order valence-corrected chi connectivity index (χ1v) is 18.8. The number of hydrogen-bond donors (Lipinski definition) is 11. The van der Waals surface area contributed by atoms with E-state index in [0.717, 1.165) is 22.3 Å². The molecule has 15 unspecified atom stereocenters. The fourth-order valence-corrected chi connectivity index (χ4v) is 8.21. The van der Waals surface area contributed by atoms with Crippen molar-refractivity contribution >= 4 is 17.9 Å². The third kappa shape index (κ3) is 9.09. The smallest absolute Gasteiger partial charge is 0.407 e. The third-order valence-corrected chi connectivity index (χ3v) is 10.9. The summed E-state index contributed by atoms with van der Waals surface area (Å²) in [5, 5.41) is 87.0. The van der Waals surface area contributed by atoms with Gasteiger partial charge in [-0.1, -0.05) is 48.5 Å². The Kier molecular flexibility index (Phi) is 13.8. The van der Waals surface area contributed by atoms with Crippen molar-refractivity contribution in [2.45, 2.75) is 118 Å². The monoisotopic (exact) mass is 804 g/mol. The predicted octanol–water partition coefficient (Wildman–Crippen LogP) is -3.10. The number of carbonyl (C=O) groups excluding carboxylic acids is 3. The molecule has 19 nitrogen and oxygen atoms in total. The van der Waals surface area contributed by atoms with E-state index in [-0.39, 0.29) is 25.5 Å². The number of nitrogens with one attached hydrogen (secondary N) is 4. The molecule has 15 atom stereocenters. The number of carbonyl (C=O) groups is 3. The van der Waals surface area contributed by atoms with Crippen LogP contribution < -0.4 is 21.3 Å². The fourth-order valence-electron chi connectivity index (χ4n) is 8.21. The van der Waals surface area contributed by atoms with Gasteiger partial charge in [0.05, 0.1) is 24.7 Å². The van der Waals surface area contributed by atoms with Gasteiger partial charge in [0.15, 0.2) is 12.6 Å². The normalized spacial score (nSPS) is 36.4. The zero-order valence-corrected chi connectivity index (χ0v) is 31.6. The maximum atomic E-state index is 13.3. The lowest BCUT2D eigenvalue weighted by atomic mass is 9.83. The molecule has 3 fully saturated rings. The molecule has 2 saturated heterocycles. The van der Waals surface area contributed by atoms with Gasteiger partial charge in [-0.3, -0.25) is 9.59 Å². The summed E-state index contributed by atoms with van der Waals surface area (Å²) in [6.45, 7) is 1.61. The van der Waals surface area contributed by atoms with Gasteiger partial charge in [0.1, 0.15) is 67.6 Å². The van der Waals surface area contributed by atoms with Gasteiger partial charge in [-0.15, -0.1) is 0 Å². The number of benzene rings is 2. The van der Waals surface area contributed by atoms with Gasteiger partial charge in [-0.2, -0.15) is 0 Å². The average molecular weight is 805 g/mol. The average Bonchev–Trinajstić information content (AvgIpc) is 3.50. The Balaban J connectivity index is 1.20. The number of ether oxygens (including phenoxy) is 5. The Labute approximate surface area is 328 Å². The fraction of sp³-hybridized carbons (Fsp3) is 0.605. The van der Waals surface area contributed by atoms with Crippen LogP contribution in [-0.4, -0.2) is 172 Å². The van der Waals surface area contributed by atoms with Crippen LogP contribution in [0.2, 0.25) is 0 Å². The van der Waals surface area contributed by atoms with Gasteiger partial charge >= 0.3 is 6.09 Å². The molecule has 57 heavy (non-hydrogen) atoms. The van der Waals surface area contributed by atoms with Crippen molar-refractivity contribution in [1.82, 2.24) is 21.3 Å². The first kappa shape index (κ1) is 42.8. The van der Waals surface area contributed by atoms with Gasteiger partial charge in [0, 0.05) is 26.3 Å². The number of fused-ring (bicyclic) bond motifs is 3. The maximum absolute atomic E-state index is 13.3. The molecule has 2 aliphatic heterocycles. The number of hydrogen-bond acceptors (Lipinski definition) is 16. The van der Waals surface area contributed by atoms with Crippen molar-refractivity contribution in [2.75, 3.05) is 26.8 Å². The van der Waals surface area contributed by atoms with Gasteiger partial charge in [-0.25, -0.2) is 4.79 Å². The minimum atomic E-state index is -1.84. The minimum Gasteiger partial charge on any atom is -0.449 e. The lowest BCUT2D eigenvalue weighted by Crippen LogP contribution is -2.70. The lowest BCUT2D eigenvalue weighted by Gasteiger charge is -2.49. The summed E-state index contributed by atoms with van der Waals surface area (Å²) in [7, 11) is 1.57. The van der Waals surface area contributed by atoms with E-state index in [4.69, 9.17) is 23.7 Å². The Morgan fingerprint density at radius 1 is 0.684 bits per heavy atom. The van der Waals surface area contributed by atoms with Gasteiger partial charge < -0.3 is 80.7 Å². The van der Waals surface area contributed by atoms with E-state index in [0.29, 0.717) is 0 Å². The van der Waals surface area contributed by atoms with E-state index >= 15 is 0 Å². The SMILES string of the molecule is CNCC1OC(OC2C(NC(C)=O)CC(NC(C)=O)C(OC3OC(CO)C(O)C(NC(=O)OCC4c5ccccc5-c5ccccc54)C3O)C2O)C(O)C(O)C1O. The summed E-state index contributed by atoms with van der Waals surface area (Å²) >= 11 is 0. The molecule has 0 bridgehead atoms. The summed E-state index contributed by atoms with van der Waals surface area (Å²) in [6.07, 6.45) is -20.3. The van der Waals surface area contributed by atoms with E-state index in [1.165, 1.54) is 13.8 Å². The highest BCUT2D eigenvalue weighted by molar-refractivity contribution is 5.79. The van der Waals surface area contributed by atoms with Crippen LogP contribution in [0.1, 0.15) is 37.3 Å². The molecule has 11 N–H and O–H groups in total. The second-order valence-corrected chi connectivity index (χ2v) is 14.8. The molecule has 0 spiro atoms. The number of aliphatic hydroxyl groups excluding tert-OH is 7. The highest BCUT2D eigenvalue weighted by Crippen LogP contribution is 2.44. The van der Waals surface area contributed by atoms with E-state index in [9.17, 15) is 50.1 Å². The van der Waals surface area contributed by atoms with Crippen molar-refractivity contribution in [3.8, 4) is 11.1 Å². The molecule has 2 aromatic carbocycles. The molecule has 2 aromatic rings. The molecule has 2 aliphatic carbocycles. The van der Waals surface area contributed by atoms with Crippen LogP contribution in [0, 0.1) is 0 Å². The maximum Gasteiger partial charge on any atom is 0.407 e. The van der Waals surface area contributed by atoms with Crippen molar-refractivity contribution < 1.29 is 73.8 Å². The van der Waals surface area contributed by atoms with E-state index in [1.807, 2.05) is 48.5 Å². The van der Waals surface area contributed by atoms with E-state index < -0.39 is 116 Å². The molecule has 4 aliphatic rings. The van der Waals surface area contributed by atoms with Crippen molar-refractivity contribution in [1.29, 1.82) is 0 Å². The standard InChI is InChI=1S/C38H52N4O15/c1-16(44)40-23-12-24(41-17(2)45)35(57-37-32(50)31(49)29(47)25(54-37)13-39-3)33(51)34(23)56-36-30(48)27(28(46)26(14-43)55-36)42-38(52)53-15-22-20-10-6-4-8-18(20)19-9-5-7-11-21(19)22/h4-11,22-37,39,43,46-51H,12-15H2,1-3H3,(H,40,44)(H,41,45)(H,42,52). The van der Waals surface area contributed by atoms with Crippen molar-refractivity contribution in [3.63, 3.8) is 0 Å². The number of likely N-dealkylation sites (N-methyl/N-ethyl adjacent to an activating group) is 1. The first-order chi connectivity index (χ1) is 27.2. The number of rotatable bonds is 12. The molecule has 3 amide bonds. The van der Waals surface area contributed by atoms with Gasteiger partial charge in [-0.05, 0) is 35.7 Å². The molecule has 0 aromatic heterocycles. The highest BCUT2D eigenvalue weighted by Gasteiger charge is 2.54. The molecule has 1 saturated carbocycles. The van der Waals surface area contributed by atoms with Crippen molar-refractivity contribution in [2.24, 2.45) is 0 Å². The molecule has 2 heterocycles. The summed E-state index contributed by atoms with van der Waals surface area (Å²) in [4.78, 5) is 38.0. The Morgan fingerprint density at radius 3 is 1.74 bits per heavy atom. The number of alkyl carbamates (subject to hydrolysis) is 1. The van der Waals surface area contributed by atoms with Crippen LogP contribution in [0.4, 0.5) is 4.79 Å². The molecule has 19 heteroatoms. The number of amides is 3. The number of aliphatic hydroxyl groups is 7. The summed E-state index contributed by atoms with van der Waals surface area (Å²) < 4.78 is 29.3. The minimum absolute atomic E-state index is 0.0452. The summed E-state index contributed by atoms with van der Waals surface area (Å²) in [5.41, 5.74) is 3.95. The van der Waals surface area contributed by atoms with Gasteiger partial charge in [0.25, 0.3) is 0 Å². The lowest BCUT2D eigenvalue weighted by molar-refractivity contribution is -0.334. The molecule has 6 rings (SSSR count). The van der Waals surface area contributed by atoms with Crippen LogP contribution in [0.15, 0.2) is 48.5 Å². The summed E-state index contributed by atoms with van der Waals surface area (Å²) in [5.74, 6) is -1.38. The zero-order valence-electron chi connectivity index (χ0n) is 31.6. The molecular formula is C38H52N4O15. The Bertz CT molecular complexity index is 1680. The Hall–Kier alpha value is -3.83. The first-order valence-electron chi connectivity index (χ1n) is 18.8. The quantitative estimate of drug-likeness (QED) is 0.101. The van der Waals surface area contributed by atoms with Crippen molar-refractivity contribution in [3.05, 3.63) is 59.7 Å². The third-order valence-electron chi connectivity index (χ3n) is 10.9. The molecule has 314 valence electrons. The molecule has 0 radical (unpaired) electrons. The van der Waals surface area contributed by atoms with E-state index in [1.54, 1.807) is 7.05 Å². The second kappa shape index (κ2) is 18.4. The van der Waals surface area contributed by atoms with Crippen LogP contribution in [0.5, 0.6) is 0 Å². The van der Waals surface area contributed by atoms with Gasteiger partial charge in [0.2, 0.25) is 11.8 Å². The summed E-state index contributed by atoms with van der Waals surface area (Å²) in [6, 6.07) is 11.8. The van der Waals surface area contributed by atoms with Crippen LogP contribution >= 0.6 is 0 Å². The van der Waals surface area contributed by atoms with E-state index in [2.05, 4.69) is 21.3 Å². The predicted molar refractivity (Wildman–Crippen MR) is 196 cm³/mol. The highest BCUT2D eigenvalue weighted by atomic mass is 16.7. The zero-order chi connectivity index (χ0) is 41.1. The Morgan fingerprint density at radius 2 is 1.21 bits per heavy atom. The topological polar surface area (TPSA) is 287 Å². The van der Waals surface area contributed by atoms with Crippen LogP contribution in [0.3, 0.4) is 0 Å². The molecular weight excluding hydrogens is 752 g/mol. The second-order valence-electron chi connectivity index (χ2n) is 14.8. The largest absolute Gasteiger partial charge is 0.449 e.